The number of benzene rings is 2. The van der Waals surface area contributed by atoms with Gasteiger partial charge in [0, 0.05) is 24.5 Å². The van der Waals surface area contributed by atoms with Crippen LogP contribution in [0.5, 0.6) is 5.75 Å². The quantitative estimate of drug-likeness (QED) is 0.628. The second-order valence-corrected chi connectivity index (χ2v) is 8.55. The van der Waals surface area contributed by atoms with Crippen molar-refractivity contribution < 1.29 is 18.7 Å². The van der Waals surface area contributed by atoms with Crippen LogP contribution in [0.25, 0.3) is 10.9 Å². The standard InChI is InChI=1S/C22H21ClFN5O3/c1-12-22(9-28(2)10-22)32-21(30)29(12)17-7-13-16(8-18(17)31-3)25-11-26-20(13)27-15-6-4-5-14(23)19(15)24/h4-8,11-12H,9-10H2,1-3H3,(H,25,26,27). The number of hydrogen-bond donors (Lipinski definition) is 1. The van der Waals surface area contributed by atoms with E-state index in [2.05, 4.69) is 20.2 Å². The van der Waals surface area contributed by atoms with E-state index in [1.54, 1.807) is 29.2 Å². The van der Waals surface area contributed by atoms with Crippen molar-refractivity contribution in [2.45, 2.75) is 18.6 Å². The molecule has 32 heavy (non-hydrogen) atoms. The Balaban J connectivity index is 1.60. The number of likely N-dealkylation sites (tertiary alicyclic amines) is 1. The van der Waals surface area contributed by atoms with Crippen molar-refractivity contribution in [2.24, 2.45) is 0 Å². The Labute approximate surface area is 188 Å². The number of nitrogens with one attached hydrogen (secondary N) is 1. The van der Waals surface area contributed by atoms with Gasteiger partial charge in [-0.25, -0.2) is 19.2 Å². The molecular formula is C22H21ClFN5O3. The highest BCUT2D eigenvalue weighted by Crippen LogP contribution is 2.44. The largest absolute Gasteiger partial charge is 0.494 e. The van der Waals surface area contributed by atoms with Crippen LogP contribution in [0, 0.1) is 5.82 Å². The SMILES string of the molecule is COc1cc2ncnc(Nc3cccc(Cl)c3F)c2cc1N1C(=O)OC2(CN(C)C2)C1C. The number of nitrogens with zero attached hydrogens (tertiary/aromatic N) is 4. The van der Waals surface area contributed by atoms with Crippen LogP contribution in [0.2, 0.25) is 5.02 Å². The van der Waals surface area contributed by atoms with Gasteiger partial charge in [0.15, 0.2) is 11.4 Å². The molecule has 0 saturated carbocycles. The van der Waals surface area contributed by atoms with Crippen molar-refractivity contribution >= 4 is 45.8 Å². The molecule has 8 nitrogen and oxygen atoms in total. The van der Waals surface area contributed by atoms with Gasteiger partial charge in [-0.2, -0.15) is 0 Å². The Morgan fingerprint density at radius 1 is 1.31 bits per heavy atom. The molecule has 0 aliphatic carbocycles. The van der Waals surface area contributed by atoms with Crippen molar-refractivity contribution in [1.82, 2.24) is 14.9 Å². The number of halogens is 2. The van der Waals surface area contributed by atoms with Gasteiger partial charge in [0.2, 0.25) is 0 Å². The predicted molar refractivity (Wildman–Crippen MR) is 119 cm³/mol. The second kappa shape index (κ2) is 7.46. The Bertz CT molecular complexity index is 1230. The first-order valence-corrected chi connectivity index (χ1v) is 10.5. The predicted octanol–water partition coefficient (Wildman–Crippen LogP) is 4.20. The molecule has 0 bridgehead atoms. The number of ether oxygens (including phenoxy) is 2. The number of methoxy groups -OCH3 is 1. The molecule has 1 amide bonds. The van der Waals surface area contributed by atoms with E-state index in [1.807, 2.05) is 14.0 Å². The van der Waals surface area contributed by atoms with Crippen LogP contribution >= 0.6 is 11.6 Å². The summed E-state index contributed by atoms with van der Waals surface area (Å²) in [5.41, 5.74) is 0.738. The van der Waals surface area contributed by atoms with Crippen molar-refractivity contribution in [2.75, 3.05) is 37.5 Å². The number of rotatable bonds is 4. The first kappa shape index (κ1) is 20.7. The van der Waals surface area contributed by atoms with Gasteiger partial charge in [0.25, 0.3) is 0 Å². The van der Waals surface area contributed by atoms with E-state index >= 15 is 0 Å². The second-order valence-electron chi connectivity index (χ2n) is 8.14. The highest BCUT2D eigenvalue weighted by atomic mass is 35.5. The van der Waals surface area contributed by atoms with Crippen molar-refractivity contribution in [3.8, 4) is 5.75 Å². The molecule has 3 aromatic rings. The number of aromatic nitrogens is 2. The Kier molecular flexibility index (Phi) is 4.83. The van der Waals surface area contributed by atoms with Gasteiger partial charge in [-0.3, -0.25) is 9.80 Å². The zero-order chi connectivity index (χ0) is 22.6. The molecule has 1 unspecified atom stereocenters. The highest BCUT2D eigenvalue weighted by molar-refractivity contribution is 6.31. The molecule has 10 heteroatoms. The Hall–Kier alpha value is -3.17. The lowest BCUT2D eigenvalue weighted by Gasteiger charge is -2.46. The first-order valence-electron chi connectivity index (χ1n) is 10.1. The summed E-state index contributed by atoms with van der Waals surface area (Å²) in [5.74, 6) is 0.269. The van der Waals surface area contributed by atoms with Gasteiger partial charge in [-0.1, -0.05) is 17.7 Å². The van der Waals surface area contributed by atoms with Crippen LogP contribution < -0.4 is 15.0 Å². The van der Waals surface area contributed by atoms with Crippen LogP contribution in [0.3, 0.4) is 0 Å². The van der Waals surface area contributed by atoms with E-state index in [-0.39, 0.29) is 16.8 Å². The molecule has 3 heterocycles. The molecule has 1 aromatic heterocycles. The van der Waals surface area contributed by atoms with Gasteiger partial charge in [0.1, 0.15) is 17.9 Å². The lowest BCUT2D eigenvalue weighted by Crippen LogP contribution is -2.65. The number of fused-ring (bicyclic) bond motifs is 1. The fraction of sp³-hybridized carbons (Fsp3) is 0.318. The van der Waals surface area contributed by atoms with E-state index in [1.165, 1.54) is 19.5 Å². The summed E-state index contributed by atoms with van der Waals surface area (Å²) in [6, 6.07) is 7.96. The van der Waals surface area contributed by atoms with E-state index in [4.69, 9.17) is 21.1 Å². The minimum atomic E-state index is -0.581. The van der Waals surface area contributed by atoms with Gasteiger partial charge < -0.3 is 14.8 Å². The van der Waals surface area contributed by atoms with E-state index in [0.717, 1.165) is 0 Å². The summed E-state index contributed by atoms with van der Waals surface area (Å²) in [6.07, 6.45) is 0.938. The average molecular weight is 458 g/mol. The van der Waals surface area contributed by atoms with E-state index < -0.39 is 17.5 Å². The summed E-state index contributed by atoms with van der Waals surface area (Å²) in [6.45, 7) is 3.29. The molecule has 166 valence electrons. The molecule has 1 N–H and O–H groups in total. The van der Waals surface area contributed by atoms with Crippen LogP contribution in [0.1, 0.15) is 6.92 Å². The molecule has 2 fully saturated rings. The minimum Gasteiger partial charge on any atom is -0.494 e. The Morgan fingerprint density at radius 3 is 2.81 bits per heavy atom. The van der Waals surface area contributed by atoms with E-state index in [9.17, 15) is 9.18 Å². The maximum atomic E-state index is 14.5. The fourth-order valence-electron chi connectivity index (χ4n) is 4.46. The molecule has 2 aliphatic heterocycles. The van der Waals surface area contributed by atoms with Crippen LogP contribution in [-0.4, -0.2) is 59.9 Å². The number of carbonyl (C=O) groups excluding carboxylic acids is 1. The molecule has 1 atom stereocenters. The molecule has 2 aliphatic rings. The fourth-order valence-corrected chi connectivity index (χ4v) is 4.63. The lowest BCUT2D eigenvalue weighted by molar-refractivity contribution is -0.0758. The summed E-state index contributed by atoms with van der Waals surface area (Å²) in [4.78, 5) is 25.2. The smallest absolute Gasteiger partial charge is 0.415 e. The minimum absolute atomic E-state index is 0.000112. The zero-order valence-corrected chi connectivity index (χ0v) is 18.5. The number of carbonyl (C=O) groups is 1. The topological polar surface area (TPSA) is 79.8 Å². The van der Waals surface area contributed by atoms with E-state index in [0.29, 0.717) is 41.2 Å². The van der Waals surface area contributed by atoms with Crippen molar-refractivity contribution in [3.63, 3.8) is 0 Å². The maximum absolute atomic E-state index is 14.5. The summed E-state index contributed by atoms with van der Waals surface area (Å²) in [5, 5.41) is 3.58. The average Bonchev–Trinajstić information content (AvgIpc) is 3.00. The number of amides is 1. The van der Waals surface area contributed by atoms with Crippen molar-refractivity contribution in [3.05, 3.63) is 47.5 Å². The number of anilines is 3. The summed E-state index contributed by atoms with van der Waals surface area (Å²) in [7, 11) is 3.51. The third-order valence-electron chi connectivity index (χ3n) is 6.11. The van der Waals surface area contributed by atoms with Crippen molar-refractivity contribution in [1.29, 1.82) is 0 Å². The monoisotopic (exact) mass is 457 g/mol. The normalized spacial score (nSPS) is 19.8. The zero-order valence-electron chi connectivity index (χ0n) is 17.7. The van der Waals surface area contributed by atoms with Gasteiger partial charge >= 0.3 is 6.09 Å². The summed E-state index contributed by atoms with van der Waals surface area (Å²) >= 11 is 5.91. The molecule has 2 saturated heterocycles. The van der Waals surface area contributed by atoms with Gasteiger partial charge in [0.05, 0.1) is 35.1 Å². The maximum Gasteiger partial charge on any atom is 0.415 e. The number of hydrogen-bond acceptors (Lipinski definition) is 7. The molecule has 2 aromatic carbocycles. The van der Waals surface area contributed by atoms with Gasteiger partial charge in [-0.15, -0.1) is 0 Å². The van der Waals surface area contributed by atoms with Crippen LogP contribution in [0.4, 0.5) is 26.4 Å². The molecule has 5 rings (SSSR count). The Morgan fingerprint density at radius 2 is 2.09 bits per heavy atom. The third-order valence-corrected chi connectivity index (χ3v) is 6.40. The van der Waals surface area contributed by atoms with Crippen LogP contribution in [-0.2, 0) is 4.74 Å². The lowest BCUT2D eigenvalue weighted by atomic mass is 9.87. The first-order chi connectivity index (χ1) is 15.3. The molecule has 0 radical (unpaired) electrons. The van der Waals surface area contributed by atoms with Crippen LogP contribution in [0.15, 0.2) is 36.7 Å². The number of likely N-dealkylation sites (N-methyl/N-ethyl adjacent to an activating group) is 1. The molecular weight excluding hydrogens is 437 g/mol. The third kappa shape index (κ3) is 3.11. The molecule has 1 spiro atoms. The summed E-state index contributed by atoms with van der Waals surface area (Å²) < 4.78 is 25.8. The highest BCUT2D eigenvalue weighted by Gasteiger charge is 2.58. The van der Waals surface area contributed by atoms with Gasteiger partial charge in [-0.05, 0) is 32.2 Å².